The van der Waals surface area contributed by atoms with E-state index in [-0.39, 0.29) is 17.5 Å². The summed E-state index contributed by atoms with van der Waals surface area (Å²) in [4.78, 5) is 10.7. The van der Waals surface area contributed by atoms with Gasteiger partial charge in [0.1, 0.15) is 0 Å². The topological polar surface area (TPSA) is 101 Å². The molecule has 0 aliphatic carbocycles. The van der Waals surface area contributed by atoms with Gasteiger partial charge in [0.15, 0.2) is 15.7 Å². The molecule has 1 aliphatic rings. The Bertz CT molecular complexity index is 1050. The Morgan fingerprint density at radius 2 is 2.08 bits per heavy atom. The van der Waals surface area contributed by atoms with Crippen LogP contribution < -0.4 is 10.2 Å². The lowest BCUT2D eigenvalue weighted by Gasteiger charge is -2.24. The van der Waals surface area contributed by atoms with Gasteiger partial charge in [-0.05, 0) is 18.6 Å². The predicted molar refractivity (Wildman–Crippen MR) is 100 cm³/mol. The normalized spacial score (nSPS) is 18.7. The molecule has 0 spiro atoms. The van der Waals surface area contributed by atoms with Gasteiger partial charge in [0.05, 0.1) is 28.9 Å². The molecule has 8 nitrogen and oxygen atoms in total. The van der Waals surface area contributed by atoms with Crippen molar-refractivity contribution in [2.45, 2.75) is 12.5 Å². The van der Waals surface area contributed by atoms with Crippen LogP contribution in [0.5, 0.6) is 0 Å². The molecule has 1 N–H and O–H groups in total. The zero-order valence-electron chi connectivity index (χ0n) is 14.2. The number of rotatable bonds is 4. The molecule has 4 rings (SSSR count). The largest absolute Gasteiger partial charge is 0.354 e. The summed E-state index contributed by atoms with van der Waals surface area (Å²) in [5.74, 6) is 1.28. The van der Waals surface area contributed by atoms with Crippen molar-refractivity contribution in [1.82, 2.24) is 20.2 Å². The first kappa shape index (κ1) is 16.6. The molecule has 134 valence electrons. The third-order valence-electron chi connectivity index (χ3n) is 4.54. The third-order valence-corrected chi connectivity index (χ3v) is 6.29. The number of nitrogens with zero attached hydrogens (tertiary/aromatic N) is 5. The van der Waals surface area contributed by atoms with E-state index in [4.69, 9.17) is 0 Å². The number of para-hydroxylation sites is 1. The van der Waals surface area contributed by atoms with Crippen molar-refractivity contribution < 1.29 is 8.42 Å². The van der Waals surface area contributed by atoms with Crippen molar-refractivity contribution in [1.29, 1.82) is 0 Å². The molecular formula is C17H18N6O2S. The SMILES string of the molecule is CN(c1cnnc(Nc2cccc3cccnc23)n1)C1CCS(=O)(=O)C1. The Balaban J connectivity index is 1.60. The fourth-order valence-corrected chi connectivity index (χ4v) is 4.89. The smallest absolute Gasteiger partial charge is 0.249 e. The van der Waals surface area contributed by atoms with E-state index in [0.717, 1.165) is 16.6 Å². The quantitative estimate of drug-likeness (QED) is 0.742. The lowest BCUT2D eigenvalue weighted by molar-refractivity contribution is 0.600. The summed E-state index contributed by atoms with van der Waals surface area (Å²) in [6.45, 7) is 0. The van der Waals surface area contributed by atoms with Crippen LogP contribution >= 0.6 is 0 Å². The van der Waals surface area contributed by atoms with Crippen LogP contribution in [-0.2, 0) is 9.84 Å². The van der Waals surface area contributed by atoms with Gasteiger partial charge in [-0.15, -0.1) is 5.10 Å². The minimum atomic E-state index is -2.96. The molecule has 3 aromatic rings. The van der Waals surface area contributed by atoms with Crippen LogP contribution in [0, 0.1) is 0 Å². The molecule has 3 heterocycles. The summed E-state index contributed by atoms with van der Waals surface area (Å²) >= 11 is 0. The maximum absolute atomic E-state index is 11.7. The second-order valence-corrected chi connectivity index (χ2v) is 8.54. The molecule has 26 heavy (non-hydrogen) atoms. The van der Waals surface area contributed by atoms with E-state index >= 15 is 0 Å². The molecule has 1 fully saturated rings. The Morgan fingerprint density at radius 1 is 1.23 bits per heavy atom. The summed E-state index contributed by atoms with van der Waals surface area (Å²) in [5, 5.41) is 12.2. The van der Waals surface area contributed by atoms with Crippen molar-refractivity contribution in [3.63, 3.8) is 0 Å². The van der Waals surface area contributed by atoms with Crippen LogP contribution in [0.25, 0.3) is 10.9 Å². The van der Waals surface area contributed by atoms with Crippen molar-refractivity contribution >= 4 is 38.2 Å². The number of aromatic nitrogens is 4. The Hall–Kier alpha value is -2.81. The standard InChI is InChI=1S/C17H18N6O2S/c1-23(13-7-9-26(24,25)11-13)15-10-19-22-17(21-15)20-14-6-2-4-12-5-3-8-18-16(12)14/h2-6,8,10,13H,7,9,11H2,1H3,(H,20,21,22). The molecule has 1 saturated heterocycles. The van der Waals surface area contributed by atoms with E-state index in [2.05, 4.69) is 25.5 Å². The number of nitrogens with one attached hydrogen (secondary N) is 1. The van der Waals surface area contributed by atoms with Gasteiger partial charge in [0.2, 0.25) is 5.95 Å². The van der Waals surface area contributed by atoms with E-state index in [0.29, 0.717) is 18.2 Å². The summed E-state index contributed by atoms with van der Waals surface area (Å²) < 4.78 is 23.4. The Kier molecular flexibility index (Phi) is 4.15. The van der Waals surface area contributed by atoms with E-state index in [1.54, 1.807) is 6.20 Å². The van der Waals surface area contributed by atoms with E-state index < -0.39 is 9.84 Å². The molecule has 1 aliphatic heterocycles. The number of fused-ring (bicyclic) bond motifs is 1. The molecule has 1 aromatic carbocycles. The van der Waals surface area contributed by atoms with Gasteiger partial charge in [0.25, 0.3) is 0 Å². The molecule has 0 radical (unpaired) electrons. The highest BCUT2D eigenvalue weighted by atomic mass is 32.2. The molecule has 9 heteroatoms. The second-order valence-electron chi connectivity index (χ2n) is 6.31. The monoisotopic (exact) mass is 370 g/mol. The minimum Gasteiger partial charge on any atom is -0.354 e. The average molecular weight is 370 g/mol. The van der Waals surface area contributed by atoms with Gasteiger partial charge in [-0.25, -0.2) is 8.42 Å². The number of sulfone groups is 1. The fraction of sp³-hybridized carbons (Fsp3) is 0.294. The van der Waals surface area contributed by atoms with Gasteiger partial charge < -0.3 is 10.2 Å². The van der Waals surface area contributed by atoms with Crippen LogP contribution in [0.1, 0.15) is 6.42 Å². The first-order valence-electron chi connectivity index (χ1n) is 8.26. The highest BCUT2D eigenvalue weighted by Crippen LogP contribution is 2.25. The van der Waals surface area contributed by atoms with Crippen molar-refractivity contribution in [3.05, 3.63) is 42.7 Å². The maximum Gasteiger partial charge on any atom is 0.249 e. The van der Waals surface area contributed by atoms with Crippen LogP contribution in [0.2, 0.25) is 0 Å². The van der Waals surface area contributed by atoms with Crippen LogP contribution in [0.4, 0.5) is 17.5 Å². The van der Waals surface area contributed by atoms with Crippen molar-refractivity contribution in [2.24, 2.45) is 0 Å². The predicted octanol–water partition coefficient (Wildman–Crippen LogP) is 1.79. The van der Waals surface area contributed by atoms with Crippen molar-refractivity contribution in [2.75, 3.05) is 28.8 Å². The number of hydrogen-bond acceptors (Lipinski definition) is 8. The van der Waals surface area contributed by atoms with Crippen LogP contribution in [-0.4, -0.2) is 53.2 Å². The van der Waals surface area contributed by atoms with Gasteiger partial charge in [-0.3, -0.25) is 4.98 Å². The molecule has 1 atom stereocenters. The third kappa shape index (κ3) is 3.30. The first-order chi connectivity index (χ1) is 12.5. The van der Waals surface area contributed by atoms with E-state index in [1.165, 1.54) is 6.20 Å². The molecule has 0 saturated carbocycles. The second kappa shape index (κ2) is 6.49. The average Bonchev–Trinajstić information content (AvgIpc) is 3.01. The van der Waals surface area contributed by atoms with Gasteiger partial charge in [-0.1, -0.05) is 18.2 Å². The van der Waals surface area contributed by atoms with Gasteiger partial charge in [-0.2, -0.15) is 10.1 Å². The molecule has 2 aromatic heterocycles. The van der Waals surface area contributed by atoms with Gasteiger partial charge in [0, 0.05) is 24.7 Å². The lowest BCUT2D eigenvalue weighted by atomic mass is 10.2. The fourth-order valence-electron chi connectivity index (χ4n) is 3.11. The summed E-state index contributed by atoms with van der Waals surface area (Å²) in [5.41, 5.74) is 1.60. The Morgan fingerprint density at radius 3 is 2.88 bits per heavy atom. The molecular weight excluding hydrogens is 352 g/mol. The van der Waals surface area contributed by atoms with E-state index in [9.17, 15) is 8.42 Å². The highest BCUT2D eigenvalue weighted by Gasteiger charge is 2.31. The molecule has 1 unspecified atom stereocenters. The maximum atomic E-state index is 11.7. The van der Waals surface area contributed by atoms with E-state index in [1.807, 2.05) is 42.3 Å². The zero-order valence-corrected chi connectivity index (χ0v) is 15.0. The summed E-state index contributed by atoms with van der Waals surface area (Å²) in [7, 11) is -1.13. The summed E-state index contributed by atoms with van der Waals surface area (Å²) in [6.07, 6.45) is 3.87. The summed E-state index contributed by atoms with van der Waals surface area (Å²) in [6, 6.07) is 9.59. The molecule has 0 bridgehead atoms. The number of anilines is 3. The number of pyridine rings is 1. The van der Waals surface area contributed by atoms with Crippen LogP contribution in [0.15, 0.2) is 42.7 Å². The van der Waals surface area contributed by atoms with Crippen LogP contribution in [0.3, 0.4) is 0 Å². The minimum absolute atomic E-state index is 0.0937. The zero-order chi connectivity index (χ0) is 18.1. The van der Waals surface area contributed by atoms with Gasteiger partial charge >= 0.3 is 0 Å². The molecule has 0 amide bonds. The van der Waals surface area contributed by atoms with Crippen molar-refractivity contribution in [3.8, 4) is 0 Å². The number of benzene rings is 1. The highest BCUT2D eigenvalue weighted by molar-refractivity contribution is 7.91. The lowest BCUT2D eigenvalue weighted by Crippen LogP contribution is -2.33. The Labute approximate surface area is 151 Å². The first-order valence-corrected chi connectivity index (χ1v) is 10.1. The number of hydrogen-bond donors (Lipinski definition) is 1.